The Labute approximate surface area is 215 Å². The van der Waals surface area contributed by atoms with E-state index in [9.17, 15) is 4.79 Å². The molecule has 3 fully saturated rings. The Morgan fingerprint density at radius 2 is 1.71 bits per heavy atom. The van der Waals surface area contributed by atoms with Gasteiger partial charge < -0.3 is 9.47 Å². The Morgan fingerprint density at radius 1 is 1.03 bits per heavy atom. The molecule has 0 bridgehead atoms. The van der Waals surface area contributed by atoms with E-state index in [4.69, 9.17) is 14.5 Å². The minimum absolute atomic E-state index is 0.105. The van der Waals surface area contributed by atoms with Crippen molar-refractivity contribution < 1.29 is 14.3 Å². The summed E-state index contributed by atoms with van der Waals surface area (Å²) in [6.45, 7) is 8.98. The van der Waals surface area contributed by atoms with Crippen molar-refractivity contribution in [3.05, 3.63) is 40.8 Å². The smallest absolute Gasteiger partial charge is 0.266 e. The van der Waals surface area contributed by atoms with E-state index in [1.807, 2.05) is 37.0 Å². The van der Waals surface area contributed by atoms with Gasteiger partial charge in [0.2, 0.25) is 0 Å². The fraction of sp³-hybridized carbons (Fsp3) is 0.586. The summed E-state index contributed by atoms with van der Waals surface area (Å²) >= 11 is 1.56. The molecule has 1 heterocycles. The van der Waals surface area contributed by atoms with Gasteiger partial charge in [-0.05, 0) is 81.5 Å². The molecule has 1 aromatic carbocycles. The van der Waals surface area contributed by atoms with Gasteiger partial charge in [-0.2, -0.15) is 0 Å². The number of amidine groups is 1. The Balaban J connectivity index is 1.69. The maximum absolute atomic E-state index is 13.7. The maximum Gasteiger partial charge on any atom is 0.266 e. The summed E-state index contributed by atoms with van der Waals surface area (Å²) in [5.41, 5.74) is 1.97. The molecule has 190 valence electrons. The van der Waals surface area contributed by atoms with Crippen molar-refractivity contribution in [2.45, 2.75) is 96.6 Å². The first-order valence-corrected chi connectivity index (χ1v) is 14.3. The molecular weight excluding hydrogens is 456 g/mol. The third kappa shape index (κ3) is 6.32. The lowest BCUT2D eigenvalue weighted by Crippen LogP contribution is -2.41. The number of allylic oxidation sites excluding steroid dienone is 1. The van der Waals surface area contributed by atoms with Gasteiger partial charge in [0.1, 0.15) is 0 Å². The predicted molar refractivity (Wildman–Crippen MR) is 146 cm³/mol. The molecule has 3 aliphatic rings. The van der Waals surface area contributed by atoms with Crippen molar-refractivity contribution in [3.8, 4) is 11.5 Å². The van der Waals surface area contributed by atoms with Crippen molar-refractivity contribution in [1.29, 1.82) is 0 Å². The van der Waals surface area contributed by atoms with E-state index in [1.54, 1.807) is 11.8 Å². The van der Waals surface area contributed by atoms with Crippen LogP contribution >= 0.6 is 11.8 Å². The molecule has 4 rings (SSSR count). The SMILES string of the molecule is C=CCc1cc(C=C2SC(=NC3CCCCC3)N(C3CCCCC3)C2=O)cc(OCC)c1OCC. The molecule has 35 heavy (non-hydrogen) atoms. The number of nitrogens with zero attached hydrogens (tertiary/aromatic N) is 2. The Hall–Kier alpha value is -2.21. The Bertz CT molecular complexity index is 959. The molecule has 1 saturated heterocycles. The van der Waals surface area contributed by atoms with Crippen LogP contribution in [0.5, 0.6) is 11.5 Å². The maximum atomic E-state index is 13.7. The van der Waals surface area contributed by atoms with E-state index in [2.05, 4.69) is 12.6 Å². The average Bonchev–Trinajstić information content (AvgIpc) is 3.17. The Morgan fingerprint density at radius 3 is 2.37 bits per heavy atom. The van der Waals surface area contributed by atoms with Crippen LogP contribution in [-0.2, 0) is 11.2 Å². The van der Waals surface area contributed by atoms with Gasteiger partial charge in [0.05, 0.1) is 24.2 Å². The third-order valence-corrected chi connectivity index (χ3v) is 8.05. The molecule has 0 unspecified atom stereocenters. The summed E-state index contributed by atoms with van der Waals surface area (Å²) in [5, 5.41) is 0.919. The van der Waals surface area contributed by atoms with Crippen LogP contribution in [0.25, 0.3) is 6.08 Å². The zero-order valence-electron chi connectivity index (χ0n) is 21.4. The van der Waals surface area contributed by atoms with Gasteiger partial charge in [0, 0.05) is 11.6 Å². The van der Waals surface area contributed by atoms with Gasteiger partial charge in [-0.1, -0.05) is 44.6 Å². The number of hydrogen-bond acceptors (Lipinski definition) is 5. The van der Waals surface area contributed by atoms with Crippen LogP contribution < -0.4 is 9.47 Å². The standard InChI is InChI=1S/C29H40N2O3S/c1-4-13-22-18-21(19-25(33-5-2)27(22)34-6-3)20-26-28(32)31(24-16-11-8-12-17-24)29(35-26)30-23-14-9-7-10-15-23/h4,18-20,23-24H,1,5-17H2,2-3H3. The van der Waals surface area contributed by atoms with Gasteiger partial charge in [0.25, 0.3) is 5.91 Å². The van der Waals surface area contributed by atoms with E-state index in [1.165, 1.54) is 38.5 Å². The first-order valence-electron chi connectivity index (χ1n) is 13.5. The van der Waals surface area contributed by atoms with Gasteiger partial charge in [-0.25, -0.2) is 0 Å². The highest BCUT2D eigenvalue weighted by molar-refractivity contribution is 8.18. The van der Waals surface area contributed by atoms with Gasteiger partial charge >= 0.3 is 0 Å². The number of hydrogen-bond donors (Lipinski definition) is 0. The van der Waals surface area contributed by atoms with Crippen LogP contribution in [0.15, 0.2) is 34.7 Å². The molecule has 5 nitrogen and oxygen atoms in total. The molecule has 1 amide bonds. The molecule has 0 N–H and O–H groups in total. The number of aliphatic imine (C=N–C) groups is 1. The largest absolute Gasteiger partial charge is 0.490 e. The minimum Gasteiger partial charge on any atom is -0.490 e. The van der Waals surface area contributed by atoms with Crippen LogP contribution in [0.1, 0.15) is 89.2 Å². The number of rotatable bonds is 9. The molecule has 0 radical (unpaired) electrons. The normalized spacial score (nSPS) is 22.2. The van der Waals surface area contributed by atoms with Crippen LogP contribution in [0, 0.1) is 0 Å². The zero-order chi connectivity index (χ0) is 24.6. The summed E-state index contributed by atoms with van der Waals surface area (Å²) in [6, 6.07) is 4.70. The number of ether oxygens (including phenoxy) is 2. The predicted octanol–water partition coefficient (Wildman–Crippen LogP) is 7.15. The first kappa shape index (κ1) is 25.9. The molecule has 0 aromatic heterocycles. The van der Waals surface area contributed by atoms with Crippen molar-refractivity contribution in [2.75, 3.05) is 13.2 Å². The summed E-state index contributed by atoms with van der Waals surface area (Å²) in [4.78, 5) is 21.7. The van der Waals surface area contributed by atoms with Crippen LogP contribution in [0.3, 0.4) is 0 Å². The molecule has 2 saturated carbocycles. The van der Waals surface area contributed by atoms with E-state index in [-0.39, 0.29) is 11.9 Å². The second kappa shape index (κ2) is 12.7. The molecule has 1 aromatic rings. The Kier molecular flexibility index (Phi) is 9.36. The van der Waals surface area contributed by atoms with Crippen LogP contribution in [0.2, 0.25) is 0 Å². The lowest BCUT2D eigenvalue weighted by atomic mass is 9.94. The van der Waals surface area contributed by atoms with Gasteiger partial charge in [-0.3, -0.25) is 14.7 Å². The molecular formula is C29H40N2O3S. The van der Waals surface area contributed by atoms with Crippen molar-refractivity contribution in [1.82, 2.24) is 4.90 Å². The summed E-state index contributed by atoms with van der Waals surface area (Å²) in [5.74, 6) is 1.59. The monoisotopic (exact) mass is 496 g/mol. The van der Waals surface area contributed by atoms with Crippen LogP contribution in [-0.4, -0.2) is 41.3 Å². The fourth-order valence-corrected chi connectivity index (χ4v) is 6.51. The van der Waals surface area contributed by atoms with Crippen molar-refractivity contribution >= 4 is 28.9 Å². The van der Waals surface area contributed by atoms with Gasteiger partial charge in [0.15, 0.2) is 16.7 Å². The summed E-state index contributed by atoms with van der Waals surface area (Å²) < 4.78 is 11.9. The highest BCUT2D eigenvalue weighted by atomic mass is 32.2. The molecule has 1 aliphatic heterocycles. The highest BCUT2D eigenvalue weighted by Crippen LogP contribution is 2.40. The van der Waals surface area contributed by atoms with Gasteiger partial charge in [-0.15, -0.1) is 6.58 Å². The average molecular weight is 497 g/mol. The van der Waals surface area contributed by atoms with Crippen molar-refractivity contribution in [2.24, 2.45) is 4.99 Å². The first-order chi connectivity index (χ1) is 17.1. The van der Waals surface area contributed by atoms with E-state index in [0.29, 0.717) is 25.7 Å². The summed E-state index contributed by atoms with van der Waals surface area (Å²) in [7, 11) is 0. The number of carbonyl (C=O) groups is 1. The minimum atomic E-state index is 0.105. The second-order valence-electron chi connectivity index (χ2n) is 9.65. The molecule has 2 aliphatic carbocycles. The van der Waals surface area contributed by atoms with E-state index < -0.39 is 0 Å². The molecule has 0 atom stereocenters. The zero-order valence-corrected chi connectivity index (χ0v) is 22.2. The van der Waals surface area contributed by atoms with E-state index >= 15 is 0 Å². The fourth-order valence-electron chi connectivity index (χ4n) is 5.40. The van der Waals surface area contributed by atoms with Crippen LogP contribution in [0.4, 0.5) is 0 Å². The second-order valence-corrected chi connectivity index (χ2v) is 10.7. The molecule has 0 spiro atoms. The van der Waals surface area contributed by atoms with Crippen molar-refractivity contribution in [3.63, 3.8) is 0 Å². The number of amides is 1. The van der Waals surface area contributed by atoms with E-state index in [0.717, 1.165) is 58.4 Å². The topological polar surface area (TPSA) is 51.1 Å². The number of carbonyl (C=O) groups excluding carboxylic acids is 1. The summed E-state index contributed by atoms with van der Waals surface area (Å²) in [6.07, 6.45) is 16.4. The lowest BCUT2D eigenvalue weighted by Gasteiger charge is -2.31. The quantitative estimate of drug-likeness (QED) is 0.269. The molecule has 6 heteroatoms. The third-order valence-electron chi connectivity index (χ3n) is 7.05. The lowest BCUT2D eigenvalue weighted by molar-refractivity contribution is -0.124. The number of thioether (sulfide) groups is 1. The number of benzene rings is 1. The highest BCUT2D eigenvalue weighted by Gasteiger charge is 2.39.